The van der Waals surface area contributed by atoms with Gasteiger partial charge in [-0.2, -0.15) is 4.98 Å². The summed E-state index contributed by atoms with van der Waals surface area (Å²) < 4.78 is 10.1. The molecule has 0 aliphatic carbocycles. The molecule has 0 aliphatic heterocycles. The number of aromatic nitrogens is 1. The lowest BCUT2D eigenvalue weighted by molar-refractivity contribution is 0.296. The van der Waals surface area contributed by atoms with Crippen LogP contribution in [0.1, 0.15) is 0 Å². The van der Waals surface area contributed by atoms with Crippen molar-refractivity contribution < 1.29 is 9.15 Å². The van der Waals surface area contributed by atoms with Crippen molar-refractivity contribution in [1.29, 1.82) is 0 Å². The van der Waals surface area contributed by atoms with Gasteiger partial charge in [-0.15, -0.1) is 0 Å². The molecular weight excluding hydrogens is 194 g/mol. The van der Waals surface area contributed by atoms with Gasteiger partial charge in [-0.25, -0.2) is 0 Å². The fourth-order valence-corrected chi connectivity index (χ4v) is 1.19. The predicted octanol–water partition coefficient (Wildman–Crippen LogP) is 1.71. The highest BCUT2D eigenvalue weighted by Crippen LogP contribution is 2.18. The SMILES string of the molecule is COc1cc(=O)nc(-c2ccccc2)o1. The highest BCUT2D eigenvalue weighted by atomic mass is 16.6. The topological polar surface area (TPSA) is 52.3 Å². The van der Waals surface area contributed by atoms with Crippen molar-refractivity contribution in [2.75, 3.05) is 7.11 Å². The van der Waals surface area contributed by atoms with Gasteiger partial charge in [0.2, 0.25) is 5.89 Å². The lowest BCUT2D eigenvalue weighted by Gasteiger charge is -2.01. The first kappa shape index (κ1) is 9.45. The first-order valence-corrected chi connectivity index (χ1v) is 4.41. The maximum absolute atomic E-state index is 11.2. The van der Waals surface area contributed by atoms with Crippen LogP contribution in [0.3, 0.4) is 0 Å². The molecule has 0 saturated carbocycles. The Bertz CT molecular complexity index is 505. The van der Waals surface area contributed by atoms with Crippen LogP contribution in [0.5, 0.6) is 5.95 Å². The monoisotopic (exact) mass is 203 g/mol. The number of methoxy groups -OCH3 is 1. The van der Waals surface area contributed by atoms with Crippen molar-refractivity contribution in [3.63, 3.8) is 0 Å². The minimum Gasteiger partial charge on any atom is -0.468 e. The molecule has 0 fully saturated rings. The zero-order valence-electron chi connectivity index (χ0n) is 8.14. The summed E-state index contributed by atoms with van der Waals surface area (Å²) in [6.07, 6.45) is 0. The summed E-state index contributed by atoms with van der Waals surface area (Å²) in [7, 11) is 1.44. The van der Waals surface area contributed by atoms with Gasteiger partial charge in [0.05, 0.1) is 13.2 Å². The smallest absolute Gasteiger partial charge is 0.291 e. The molecule has 0 aliphatic rings. The van der Waals surface area contributed by atoms with Gasteiger partial charge in [0, 0.05) is 5.56 Å². The van der Waals surface area contributed by atoms with Crippen LogP contribution in [0.4, 0.5) is 0 Å². The van der Waals surface area contributed by atoms with Crippen LogP contribution >= 0.6 is 0 Å². The Morgan fingerprint density at radius 3 is 2.67 bits per heavy atom. The van der Waals surface area contributed by atoms with E-state index in [1.165, 1.54) is 13.2 Å². The van der Waals surface area contributed by atoms with Crippen LogP contribution < -0.4 is 10.3 Å². The fraction of sp³-hybridized carbons (Fsp3) is 0.0909. The van der Waals surface area contributed by atoms with Crippen molar-refractivity contribution in [2.24, 2.45) is 0 Å². The van der Waals surface area contributed by atoms with E-state index < -0.39 is 0 Å². The number of hydrogen-bond donors (Lipinski definition) is 0. The molecular formula is C11H9NO3. The van der Waals surface area contributed by atoms with Gasteiger partial charge < -0.3 is 9.15 Å². The van der Waals surface area contributed by atoms with Crippen LogP contribution in [0.25, 0.3) is 11.5 Å². The highest BCUT2D eigenvalue weighted by Gasteiger charge is 2.05. The van der Waals surface area contributed by atoms with E-state index in [0.717, 1.165) is 5.56 Å². The van der Waals surface area contributed by atoms with Gasteiger partial charge in [-0.05, 0) is 12.1 Å². The van der Waals surface area contributed by atoms with E-state index in [2.05, 4.69) is 4.98 Å². The Morgan fingerprint density at radius 2 is 2.00 bits per heavy atom. The van der Waals surface area contributed by atoms with Crippen molar-refractivity contribution in [3.05, 3.63) is 46.8 Å². The third-order valence-electron chi connectivity index (χ3n) is 1.87. The largest absolute Gasteiger partial charge is 0.468 e. The Labute approximate surface area is 86.2 Å². The molecule has 4 nitrogen and oxygen atoms in total. The van der Waals surface area contributed by atoms with E-state index in [9.17, 15) is 4.79 Å². The number of nitrogens with zero attached hydrogens (tertiary/aromatic N) is 1. The van der Waals surface area contributed by atoms with Crippen molar-refractivity contribution in [3.8, 4) is 17.4 Å². The van der Waals surface area contributed by atoms with Crippen LogP contribution in [-0.2, 0) is 0 Å². The summed E-state index contributed by atoms with van der Waals surface area (Å²) in [6, 6.07) is 10.4. The minimum absolute atomic E-state index is 0.161. The predicted molar refractivity (Wildman–Crippen MR) is 54.8 cm³/mol. The van der Waals surface area contributed by atoms with Crippen LogP contribution in [0.15, 0.2) is 45.6 Å². The summed E-state index contributed by atoms with van der Waals surface area (Å²) in [5.74, 6) is 0.425. The maximum atomic E-state index is 11.2. The minimum atomic E-state index is -0.378. The van der Waals surface area contributed by atoms with Gasteiger partial charge >= 0.3 is 0 Å². The molecule has 0 unspecified atom stereocenters. The summed E-state index contributed by atoms with van der Waals surface area (Å²) in [6.45, 7) is 0. The average molecular weight is 203 g/mol. The Hall–Kier alpha value is -2.10. The number of benzene rings is 1. The van der Waals surface area contributed by atoms with Crippen LogP contribution in [0, 0.1) is 0 Å². The molecule has 2 aromatic rings. The second-order valence-electron chi connectivity index (χ2n) is 2.89. The summed E-state index contributed by atoms with van der Waals surface area (Å²) >= 11 is 0. The zero-order chi connectivity index (χ0) is 10.7. The highest BCUT2D eigenvalue weighted by molar-refractivity contribution is 5.52. The molecule has 1 aromatic heterocycles. The molecule has 0 N–H and O–H groups in total. The second-order valence-corrected chi connectivity index (χ2v) is 2.89. The third kappa shape index (κ3) is 2.04. The lowest BCUT2D eigenvalue weighted by Crippen LogP contribution is -2.05. The zero-order valence-corrected chi connectivity index (χ0v) is 8.14. The van der Waals surface area contributed by atoms with Crippen molar-refractivity contribution in [1.82, 2.24) is 4.98 Å². The van der Waals surface area contributed by atoms with E-state index in [1.54, 1.807) is 0 Å². The van der Waals surface area contributed by atoms with E-state index in [0.29, 0.717) is 0 Å². The van der Waals surface area contributed by atoms with Crippen LogP contribution in [0.2, 0.25) is 0 Å². The first-order valence-electron chi connectivity index (χ1n) is 4.41. The molecule has 0 bridgehead atoms. The molecule has 0 saturated heterocycles. The van der Waals surface area contributed by atoms with Crippen molar-refractivity contribution in [2.45, 2.75) is 0 Å². The van der Waals surface area contributed by atoms with Crippen LogP contribution in [-0.4, -0.2) is 12.1 Å². The average Bonchev–Trinajstić information content (AvgIpc) is 2.29. The number of rotatable bonds is 2. The van der Waals surface area contributed by atoms with E-state index in [-0.39, 0.29) is 17.4 Å². The molecule has 0 spiro atoms. The molecule has 76 valence electrons. The molecule has 15 heavy (non-hydrogen) atoms. The Morgan fingerprint density at radius 1 is 1.27 bits per heavy atom. The van der Waals surface area contributed by atoms with Gasteiger partial charge in [0.15, 0.2) is 0 Å². The lowest BCUT2D eigenvalue weighted by atomic mass is 10.2. The van der Waals surface area contributed by atoms with E-state index >= 15 is 0 Å². The molecule has 1 aromatic carbocycles. The summed E-state index contributed by atoms with van der Waals surface area (Å²) in [4.78, 5) is 14.9. The molecule has 2 rings (SSSR count). The first-order chi connectivity index (χ1) is 7.29. The molecule has 0 atom stereocenters. The Kier molecular flexibility index (Phi) is 2.49. The maximum Gasteiger partial charge on any atom is 0.291 e. The van der Waals surface area contributed by atoms with Gasteiger partial charge in [0.25, 0.3) is 11.5 Å². The fourth-order valence-electron chi connectivity index (χ4n) is 1.19. The van der Waals surface area contributed by atoms with E-state index in [1.807, 2.05) is 30.3 Å². The number of ether oxygens (including phenoxy) is 1. The third-order valence-corrected chi connectivity index (χ3v) is 1.87. The van der Waals surface area contributed by atoms with Gasteiger partial charge in [0.1, 0.15) is 0 Å². The number of hydrogen-bond acceptors (Lipinski definition) is 4. The molecule has 4 heteroatoms. The quantitative estimate of drug-likeness (QED) is 0.745. The van der Waals surface area contributed by atoms with E-state index in [4.69, 9.17) is 9.15 Å². The normalized spacial score (nSPS) is 9.93. The second kappa shape index (κ2) is 3.96. The summed E-state index contributed by atoms with van der Waals surface area (Å²) in [5, 5.41) is 0. The molecule has 1 heterocycles. The van der Waals surface area contributed by atoms with Crippen molar-refractivity contribution >= 4 is 0 Å². The van der Waals surface area contributed by atoms with Gasteiger partial charge in [-0.1, -0.05) is 18.2 Å². The van der Waals surface area contributed by atoms with Gasteiger partial charge in [-0.3, -0.25) is 4.79 Å². The standard InChI is InChI=1S/C11H9NO3/c1-14-10-7-9(13)12-11(15-10)8-5-3-2-4-6-8/h2-7H,1H3. The molecule has 0 amide bonds. The molecule has 0 radical (unpaired) electrons. The Balaban J connectivity index is 2.54. The summed E-state index contributed by atoms with van der Waals surface area (Å²) in [5.41, 5.74) is 0.366.